The topological polar surface area (TPSA) is 57.3 Å². The maximum Gasteiger partial charge on any atom is 0.380 e. The molecule has 88 valence electrons. The Balaban J connectivity index is 2.35. The van der Waals surface area contributed by atoms with Gasteiger partial charge in [0.15, 0.2) is 0 Å². The molecular formula is C12H12N2O3. The van der Waals surface area contributed by atoms with Crippen molar-refractivity contribution in [3.05, 3.63) is 47.4 Å². The van der Waals surface area contributed by atoms with E-state index in [-0.39, 0.29) is 0 Å². The van der Waals surface area contributed by atoms with Crippen LogP contribution in [0.15, 0.2) is 46.2 Å². The average molecular weight is 232 g/mol. The van der Waals surface area contributed by atoms with Gasteiger partial charge in [0.25, 0.3) is 5.89 Å². The lowest BCUT2D eigenvalue weighted by Gasteiger charge is -1.99. The molecule has 5 heteroatoms. The van der Waals surface area contributed by atoms with Crippen LogP contribution in [0.4, 0.5) is 0 Å². The summed E-state index contributed by atoms with van der Waals surface area (Å²) in [6.07, 6.45) is 1.57. The molecule has 0 spiro atoms. The molecular weight excluding hydrogens is 220 g/mol. The highest BCUT2D eigenvalue weighted by Crippen LogP contribution is 2.19. The molecule has 17 heavy (non-hydrogen) atoms. The fraction of sp³-hybridized carbons (Fsp3) is 0.167. The van der Waals surface area contributed by atoms with E-state index in [9.17, 15) is 4.79 Å². The van der Waals surface area contributed by atoms with Crippen molar-refractivity contribution in [2.75, 3.05) is 7.11 Å². The quantitative estimate of drug-likeness (QED) is 0.753. The lowest BCUT2D eigenvalue weighted by Crippen LogP contribution is -2.14. The van der Waals surface area contributed by atoms with Crippen molar-refractivity contribution in [1.82, 2.24) is 9.72 Å². The zero-order valence-electron chi connectivity index (χ0n) is 9.42. The van der Waals surface area contributed by atoms with Gasteiger partial charge >= 0.3 is 5.69 Å². The summed E-state index contributed by atoms with van der Waals surface area (Å²) < 4.78 is 11.5. The van der Waals surface area contributed by atoms with Gasteiger partial charge in [-0.15, -0.1) is 11.3 Å². The van der Waals surface area contributed by atoms with E-state index in [1.807, 2.05) is 0 Å². The van der Waals surface area contributed by atoms with Gasteiger partial charge in [0.05, 0.1) is 13.7 Å². The largest absolute Gasteiger partial charge is 0.497 e. The normalized spacial score (nSPS) is 10.2. The van der Waals surface area contributed by atoms with E-state index in [0.717, 1.165) is 16.1 Å². The van der Waals surface area contributed by atoms with Crippen LogP contribution >= 0.6 is 0 Å². The molecule has 2 aromatic rings. The van der Waals surface area contributed by atoms with Crippen LogP contribution in [0, 0.1) is 0 Å². The van der Waals surface area contributed by atoms with E-state index < -0.39 is 5.69 Å². The molecule has 1 aromatic heterocycles. The van der Waals surface area contributed by atoms with Crippen LogP contribution in [-0.2, 0) is 6.54 Å². The molecule has 0 aliphatic rings. The van der Waals surface area contributed by atoms with Gasteiger partial charge in [0, 0.05) is 5.56 Å². The van der Waals surface area contributed by atoms with Crippen LogP contribution in [-0.4, -0.2) is 16.8 Å². The number of rotatable bonds is 4. The molecule has 0 aliphatic carbocycles. The highest BCUT2D eigenvalue weighted by atomic mass is 16.5. The fourth-order valence-electron chi connectivity index (χ4n) is 1.39. The van der Waals surface area contributed by atoms with Crippen LogP contribution in [0.5, 0.6) is 5.75 Å². The van der Waals surface area contributed by atoms with Crippen molar-refractivity contribution < 1.29 is 9.26 Å². The summed E-state index contributed by atoms with van der Waals surface area (Å²) in [5.74, 6) is 1.03. The van der Waals surface area contributed by atoms with Crippen molar-refractivity contribution in [2.24, 2.45) is 0 Å². The fourth-order valence-corrected chi connectivity index (χ4v) is 1.39. The second-order valence-corrected chi connectivity index (χ2v) is 3.37. The van der Waals surface area contributed by atoms with Crippen LogP contribution in [0.25, 0.3) is 11.5 Å². The first-order chi connectivity index (χ1) is 8.24. The SMILES string of the molecule is C=CCn1oc(-c2ccc(OC)cc2)nc1=O. The number of ether oxygens (including phenoxy) is 1. The number of hydrogen-bond acceptors (Lipinski definition) is 4. The van der Waals surface area contributed by atoms with Crippen molar-refractivity contribution >= 4 is 0 Å². The highest BCUT2D eigenvalue weighted by molar-refractivity contribution is 5.53. The van der Waals surface area contributed by atoms with Crippen molar-refractivity contribution in [3.63, 3.8) is 0 Å². The Morgan fingerprint density at radius 1 is 1.47 bits per heavy atom. The molecule has 1 heterocycles. The Bertz CT molecular complexity index is 566. The van der Waals surface area contributed by atoms with Gasteiger partial charge in [0.1, 0.15) is 5.75 Å². The van der Waals surface area contributed by atoms with Gasteiger partial charge in [-0.3, -0.25) is 0 Å². The Morgan fingerprint density at radius 2 is 2.18 bits per heavy atom. The summed E-state index contributed by atoms with van der Waals surface area (Å²) >= 11 is 0. The summed E-state index contributed by atoms with van der Waals surface area (Å²) in [7, 11) is 1.59. The molecule has 0 radical (unpaired) electrons. The van der Waals surface area contributed by atoms with Crippen LogP contribution in [0.3, 0.4) is 0 Å². The minimum absolute atomic E-state index is 0.291. The molecule has 0 saturated heterocycles. The molecule has 0 aliphatic heterocycles. The van der Waals surface area contributed by atoms with E-state index in [4.69, 9.17) is 9.26 Å². The highest BCUT2D eigenvalue weighted by Gasteiger charge is 2.09. The second kappa shape index (κ2) is 4.69. The molecule has 0 fully saturated rings. The number of allylic oxidation sites excluding steroid dienone is 1. The maximum absolute atomic E-state index is 11.4. The minimum atomic E-state index is -0.421. The summed E-state index contributed by atoms with van der Waals surface area (Å²) in [4.78, 5) is 15.2. The van der Waals surface area contributed by atoms with Crippen molar-refractivity contribution in [1.29, 1.82) is 0 Å². The summed E-state index contributed by atoms with van der Waals surface area (Å²) in [6.45, 7) is 3.85. The molecule has 0 saturated carbocycles. The lowest BCUT2D eigenvalue weighted by atomic mass is 10.2. The third-order valence-corrected chi connectivity index (χ3v) is 2.24. The molecule has 5 nitrogen and oxygen atoms in total. The van der Waals surface area contributed by atoms with E-state index in [1.165, 1.54) is 0 Å². The van der Waals surface area contributed by atoms with Crippen LogP contribution in [0.1, 0.15) is 0 Å². The third-order valence-electron chi connectivity index (χ3n) is 2.24. The first-order valence-corrected chi connectivity index (χ1v) is 5.08. The summed E-state index contributed by atoms with van der Waals surface area (Å²) in [6, 6.07) is 7.12. The van der Waals surface area contributed by atoms with E-state index in [0.29, 0.717) is 12.4 Å². The molecule has 0 unspecified atom stereocenters. The number of benzene rings is 1. The number of aromatic nitrogens is 2. The van der Waals surface area contributed by atoms with Crippen molar-refractivity contribution in [2.45, 2.75) is 6.54 Å². The minimum Gasteiger partial charge on any atom is -0.497 e. The van der Waals surface area contributed by atoms with E-state index >= 15 is 0 Å². The number of methoxy groups -OCH3 is 1. The molecule has 2 rings (SSSR count). The van der Waals surface area contributed by atoms with E-state index in [1.54, 1.807) is 37.5 Å². The van der Waals surface area contributed by atoms with E-state index in [2.05, 4.69) is 11.6 Å². The molecule has 1 aromatic carbocycles. The predicted molar refractivity (Wildman–Crippen MR) is 62.9 cm³/mol. The Kier molecular flexibility index (Phi) is 3.09. The Hall–Kier alpha value is -2.30. The monoisotopic (exact) mass is 232 g/mol. The zero-order chi connectivity index (χ0) is 12.3. The second-order valence-electron chi connectivity index (χ2n) is 3.37. The summed E-state index contributed by atoms with van der Waals surface area (Å²) in [5.41, 5.74) is 0.307. The first kappa shape index (κ1) is 11.2. The molecule has 0 bridgehead atoms. The van der Waals surface area contributed by atoms with Crippen molar-refractivity contribution in [3.8, 4) is 17.2 Å². The zero-order valence-corrected chi connectivity index (χ0v) is 9.42. The predicted octanol–water partition coefficient (Wildman–Crippen LogP) is 1.70. The standard InChI is InChI=1S/C12H12N2O3/c1-3-8-14-12(15)13-11(17-14)9-4-6-10(16-2)7-5-9/h3-7H,1,8H2,2H3. The van der Waals surface area contributed by atoms with Crippen LogP contribution < -0.4 is 10.4 Å². The van der Waals surface area contributed by atoms with Gasteiger partial charge in [-0.1, -0.05) is 6.08 Å². The smallest absolute Gasteiger partial charge is 0.380 e. The molecule has 0 atom stereocenters. The number of nitrogens with zero attached hydrogens (tertiary/aromatic N) is 2. The third kappa shape index (κ3) is 2.28. The Labute approximate surface area is 97.9 Å². The average Bonchev–Trinajstić information content (AvgIpc) is 2.72. The number of hydrogen-bond donors (Lipinski definition) is 0. The van der Waals surface area contributed by atoms with Gasteiger partial charge in [0.2, 0.25) is 0 Å². The molecule has 0 amide bonds. The molecule has 0 N–H and O–H groups in total. The summed E-state index contributed by atoms with van der Waals surface area (Å²) in [5, 5.41) is 0. The van der Waals surface area contributed by atoms with Gasteiger partial charge < -0.3 is 9.26 Å². The van der Waals surface area contributed by atoms with Gasteiger partial charge in [-0.2, -0.15) is 4.98 Å². The van der Waals surface area contributed by atoms with Crippen LogP contribution in [0.2, 0.25) is 0 Å². The van der Waals surface area contributed by atoms with Gasteiger partial charge in [-0.05, 0) is 24.3 Å². The lowest BCUT2D eigenvalue weighted by molar-refractivity contribution is 0.289. The maximum atomic E-state index is 11.4. The Morgan fingerprint density at radius 3 is 2.76 bits per heavy atom. The van der Waals surface area contributed by atoms with Gasteiger partial charge in [-0.25, -0.2) is 4.79 Å². The first-order valence-electron chi connectivity index (χ1n) is 5.08.